The number of nitrogens with zero attached hydrogens (tertiary/aromatic N) is 1. The van der Waals surface area contributed by atoms with Crippen molar-refractivity contribution in [3.05, 3.63) is 35.4 Å². The first-order valence-electron chi connectivity index (χ1n) is 5.50. The number of ether oxygens (including phenoxy) is 3. The van der Waals surface area contributed by atoms with Crippen molar-refractivity contribution < 1.29 is 14.2 Å². The van der Waals surface area contributed by atoms with Crippen LogP contribution in [0.4, 0.5) is 0 Å². The summed E-state index contributed by atoms with van der Waals surface area (Å²) in [7, 11) is 1.64. The average molecular weight is 235 g/mol. The summed E-state index contributed by atoms with van der Waals surface area (Å²) in [6.45, 7) is 2.79. The van der Waals surface area contributed by atoms with Crippen LogP contribution in [0.15, 0.2) is 24.3 Å². The smallest absolute Gasteiger partial charge is 0.0991 e. The molecule has 0 aliphatic rings. The van der Waals surface area contributed by atoms with E-state index < -0.39 is 0 Å². The number of methoxy groups -OCH3 is 1. The van der Waals surface area contributed by atoms with E-state index in [0.29, 0.717) is 38.6 Å². The maximum absolute atomic E-state index is 8.73. The van der Waals surface area contributed by atoms with Crippen molar-refractivity contribution in [3.8, 4) is 6.07 Å². The molecular formula is C13H17NO3. The Morgan fingerprint density at radius 2 is 1.88 bits per heavy atom. The average Bonchev–Trinajstić information content (AvgIpc) is 2.38. The number of hydrogen-bond acceptors (Lipinski definition) is 4. The van der Waals surface area contributed by atoms with Gasteiger partial charge in [-0.2, -0.15) is 5.26 Å². The van der Waals surface area contributed by atoms with Gasteiger partial charge in [-0.05, 0) is 17.7 Å². The molecule has 0 unspecified atom stereocenters. The third-order valence-corrected chi connectivity index (χ3v) is 2.13. The fraction of sp³-hybridized carbons (Fsp3) is 0.462. The maximum atomic E-state index is 8.73. The zero-order valence-corrected chi connectivity index (χ0v) is 10.0. The van der Waals surface area contributed by atoms with Crippen LogP contribution in [-0.4, -0.2) is 33.5 Å². The Balaban J connectivity index is 2.12. The van der Waals surface area contributed by atoms with Crippen molar-refractivity contribution in [2.75, 3.05) is 33.5 Å². The molecule has 4 heteroatoms. The van der Waals surface area contributed by atoms with E-state index in [1.54, 1.807) is 13.2 Å². The summed E-state index contributed by atoms with van der Waals surface area (Å²) in [6, 6.07) is 9.49. The maximum Gasteiger partial charge on any atom is 0.0991 e. The number of rotatable bonds is 8. The molecule has 0 heterocycles. The Bertz CT molecular complexity index is 360. The van der Waals surface area contributed by atoms with Crippen molar-refractivity contribution in [1.82, 2.24) is 0 Å². The lowest BCUT2D eigenvalue weighted by atomic mass is 10.1. The van der Waals surface area contributed by atoms with Crippen molar-refractivity contribution in [2.45, 2.75) is 6.61 Å². The Morgan fingerprint density at radius 3 is 2.65 bits per heavy atom. The van der Waals surface area contributed by atoms with Crippen LogP contribution in [0.3, 0.4) is 0 Å². The fourth-order valence-electron chi connectivity index (χ4n) is 1.28. The topological polar surface area (TPSA) is 51.5 Å². The van der Waals surface area contributed by atoms with Crippen LogP contribution < -0.4 is 0 Å². The van der Waals surface area contributed by atoms with Crippen LogP contribution in [0.25, 0.3) is 0 Å². The molecule has 0 N–H and O–H groups in total. The molecule has 1 aromatic carbocycles. The van der Waals surface area contributed by atoms with E-state index >= 15 is 0 Å². The van der Waals surface area contributed by atoms with Crippen molar-refractivity contribution >= 4 is 0 Å². The van der Waals surface area contributed by atoms with Gasteiger partial charge in [0.25, 0.3) is 0 Å². The summed E-state index contributed by atoms with van der Waals surface area (Å²) in [5.74, 6) is 0. The van der Waals surface area contributed by atoms with Crippen molar-refractivity contribution in [2.24, 2.45) is 0 Å². The van der Waals surface area contributed by atoms with Gasteiger partial charge in [0.1, 0.15) is 0 Å². The molecule has 0 saturated heterocycles. The molecule has 0 aliphatic carbocycles. The Morgan fingerprint density at radius 1 is 1.12 bits per heavy atom. The SMILES string of the molecule is COCCOCCOCc1cccc(C#N)c1. The molecule has 0 spiro atoms. The molecule has 0 fully saturated rings. The van der Waals surface area contributed by atoms with E-state index in [4.69, 9.17) is 19.5 Å². The zero-order valence-electron chi connectivity index (χ0n) is 10.0. The second kappa shape index (κ2) is 8.71. The van der Waals surface area contributed by atoms with Crippen molar-refractivity contribution in [3.63, 3.8) is 0 Å². The van der Waals surface area contributed by atoms with E-state index in [1.165, 1.54) is 0 Å². The highest BCUT2D eigenvalue weighted by Gasteiger charge is 1.95. The predicted octanol–water partition coefficient (Wildman–Crippen LogP) is 1.74. The van der Waals surface area contributed by atoms with Gasteiger partial charge in [-0.25, -0.2) is 0 Å². The van der Waals surface area contributed by atoms with Crippen LogP contribution >= 0.6 is 0 Å². The minimum absolute atomic E-state index is 0.503. The third-order valence-electron chi connectivity index (χ3n) is 2.13. The fourth-order valence-corrected chi connectivity index (χ4v) is 1.28. The lowest BCUT2D eigenvalue weighted by Crippen LogP contribution is -2.08. The summed E-state index contributed by atoms with van der Waals surface area (Å²) in [6.07, 6.45) is 0. The van der Waals surface area contributed by atoms with Crippen LogP contribution in [0.2, 0.25) is 0 Å². The molecule has 0 saturated carbocycles. The van der Waals surface area contributed by atoms with Crippen LogP contribution in [0.1, 0.15) is 11.1 Å². The molecule has 0 amide bonds. The van der Waals surface area contributed by atoms with E-state index in [0.717, 1.165) is 5.56 Å². The Hall–Kier alpha value is -1.41. The summed E-state index contributed by atoms with van der Waals surface area (Å²) >= 11 is 0. The molecule has 0 radical (unpaired) electrons. The standard InChI is InChI=1S/C13H17NO3/c1-15-5-6-16-7-8-17-11-13-4-2-3-12(9-13)10-14/h2-4,9H,5-8,11H2,1H3. The van der Waals surface area contributed by atoms with Gasteiger partial charge < -0.3 is 14.2 Å². The molecule has 1 aromatic rings. The van der Waals surface area contributed by atoms with Gasteiger partial charge in [-0.3, -0.25) is 0 Å². The molecule has 92 valence electrons. The van der Waals surface area contributed by atoms with Gasteiger partial charge >= 0.3 is 0 Å². The highest BCUT2D eigenvalue weighted by Crippen LogP contribution is 2.05. The molecule has 1 rings (SSSR count). The summed E-state index contributed by atoms with van der Waals surface area (Å²) in [5.41, 5.74) is 1.66. The summed E-state index contributed by atoms with van der Waals surface area (Å²) in [4.78, 5) is 0. The minimum Gasteiger partial charge on any atom is -0.382 e. The molecule has 0 aromatic heterocycles. The molecular weight excluding hydrogens is 218 g/mol. The number of nitriles is 1. The highest BCUT2D eigenvalue weighted by atomic mass is 16.5. The lowest BCUT2D eigenvalue weighted by molar-refractivity contribution is 0.0199. The first kappa shape index (κ1) is 13.7. The second-order valence-electron chi connectivity index (χ2n) is 3.47. The normalized spacial score (nSPS) is 10.1. The van der Waals surface area contributed by atoms with Crippen molar-refractivity contribution in [1.29, 1.82) is 5.26 Å². The van der Waals surface area contributed by atoms with E-state index in [1.807, 2.05) is 18.2 Å². The molecule has 0 aliphatic heterocycles. The van der Waals surface area contributed by atoms with Gasteiger partial charge in [0.2, 0.25) is 0 Å². The predicted molar refractivity (Wildman–Crippen MR) is 63.5 cm³/mol. The first-order chi connectivity index (χ1) is 8.36. The minimum atomic E-state index is 0.503. The first-order valence-corrected chi connectivity index (χ1v) is 5.50. The molecule has 17 heavy (non-hydrogen) atoms. The van der Waals surface area contributed by atoms with E-state index in [9.17, 15) is 0 Å². The molecule has 0 bridgehead atoms. The Kier molecular flexibility index (Phi) is 6.99. The van der Waals surface area contributed by atoms with Gasteiger partial charge in [0, 0.05) is 7.11 Å². The summed E-state index contributed by atoms with van der Waals surface area (Å²) < 4.78 is 15.5. The number of hydrogen-bond donors (Lipinski definition) is 0. The lowest BCUT2D eigenvalue weighted by Gasteiger charge is -2.05. The van der Waals surface area contributed by atoms with Crippen LogP contribution in [0, 0.1) is 11.3 Å². The molecule has 0 atom stereocenters. The summed E-state index contributed by atoms with van der Waals surface area (Å²) in [5, 5.41) is 8.73. The third kappa shape index (κ3) is 6.03. The number of benzene rings is 1. The second-order valence-corrected chi connectivity index (χ2v) is 3.47. The molecule has 4 nitrogen and oxygen atoms in total. The van der Waals surface area contributed by atoms with Gasteiger partial charge in [0.15, 0.2) is 0 Å². The quantitative estimate of drug-likeness (QED) is 0.644. The van der Waals surface area contributed by atoms with Gasteiger partial charge in [0.05, 0.1) is 44.7 Å². The van der Waals surface area contributed by atoms with Crippen LogP contribution in [0.5, 0.6) is 0 Å². The van der Waals surface area contributed by atoms with Crippen LogP contribution in [-0.2, 0) is 20.8 Å². The van der Waals surface area contributed by atoms with Gasteiger partial charge in [-0.15, -0.1) is 0 Å². The largest absolute Gasteiger partial charge is 0.382 e. The highest BCUT2D eigenvalue weighted by molar-refractivity contribution is 5.32. The monoisotopic (exact) mass is 235 g/mol. The van der Waals surface area contributed by atoms with E-state index in [-0.39, 0.29) is 0 Å². The zero-order chi connectivity index (χ0) is 12.3. The Labute approximate surface area is 102 Å². The van der Waals surface area contributed by atoms with E-state index in [2.05, 4.69) is 6.07 Å². The van der Waals surface area contributed by atoms with Gasteiger partial charge in [-0.1, -0.05) is 12.1 Å².